The zero-order valence-electron chi connectivity index (χ0n) is 7.75. The smallest absolute Gasteiger partial charge is 0.391 e. The van der Waals surface area contributed by atoms with Crippen LogP contribution in [0, 0.1) is 0 Å². The highest BCUT2D eigenvalue weighted by Crippen LogP contribution is 2.29. The van der Waals surface area contributed by atoms with Crippen LogP contribution in [0.15, 0.2) is 29.3 Å². The first-order valence-corrected chi connectivity index (χ1v) is 4.40. The molecule has 1 heterocycles. The van der Waals surface area contributed by atoms with Gasteiger partial charge >= 0.3 is 5.97 Å². The van der Waals surface area contributed by atoms with E-state index in [0.29, 0.717) is 5.56 Å². The van der Waals surface area contributed by atoms with E-state index in [2.05, 4.69) is 4.99 Å². The molecule has 0 spiro atoms. The molecule has 1 atom stereocenters. The van der Waals surface area contributed by atoms with E-state index in [0.717, 1.165) is 0 Å². The quantitative estimate of drug-likeness (QED) is 0.756. The van der Waals surface area contributed by atoms with Gasteiger partial charge in [0.05, 0.1) is 0 Å². The van der Waals surface area contributed by atoms with E-state index in [1.165, 1.54) is 6.07 Å². The minimum Gasteiger partial charge on any atom is -0.508 e. The highest BCUT2D eigenvalue weighted by Gasteiger charge is 2.26. The van der Waals surface area contributed by atoms with Gasteiger partial charge in [-0.15, -0.1) is 0 Å². The van der Waals surface area contributed by atoms with Crippen molar-refractivity contribution in [2.75, 3.05) is 6.61 Å². The van der Waals surface area contributed by atoms with Crippen LogP contribution in [0.5, 0.6) is 5.75 Å². The number of nitrogens with zero attached hydrogens (tertiary/aromatic N) is 1. The number of benzene rings is 1. The van der Waals surface area contributed by atoms with Gasteiger partial charge in [0.1, 0.15) is 18.4 Å². The highest BCUT2D eigenvalue weighted by atomic mass is 16.5. The van der Waals surface area contributed by atoms with Crippen LogP contribution in [0.1, 0.15) is 11.6 Å². The number of hydrogen-bond acceptors (Lipinski definition) is 4. The molecule has 78 valence electrons. The monoisotopic (exact) mass is 207 g/mol. The molecule has 1 aromatic rings. The molecule has 0 amide bonds. The van der Waals surface area contributed by atoms with Crippen molar-refractivity contribution in [1.29, 1.82) is 0 Å². The molecule has 0 fully saturated rings. The van der Waals surface area contributed by atoms with Gasteiger partial charge in [0.25, 0.3) is 5.90 Å². The summed E-state index contributed by atoms with van der Waals surface area (Å²) in [6, 6.07) is 6.23. The molecule has 1 aliphatic heterocycles. The summed E-state index contributed by atoms with van der Waals surface area (Å²) in [7, 11) is 0. The molecule has 2 N–H and O–H groups in total. The second kappa shape index (κ2) is 3.61. The van der Waals surface area contributed by atoms with Gasteiger partial charge in [0.15, 0.2) is 0 Å². The Balaban J connectivity index is 2.28. The number of aromatic hydroxyl groups is 1. The fourth-order valence-electron chi connectivity index (χ4n) is 1.42. The average Bonchev–Trinajstić information content (AvgIpc) is 2.67. The van der Waals surface area contributed by atoms with Gasteiger partial charge in [-0.1, -0.05) is 18.2 Å². The number of carboxylic acid groups (broad SMARTS) is 1. The van der Waals surface area contributed by atoms with E-state index in [1.807, 2.05) is 0 Å². The molecule has 1 aliphatic rings. The predicted molar refractivity (Wildman–Crippen MR) is 51.9 cm³/mol. The summed E-state index contributed by atoms with van der Waals surface area (Å²) in [6.07, 6.45) is 0. The summed E-state index contributed by atoms with van der Waals surface area (Å²) >= 11 is 0. The first kappa shape index (κ1) is 9.51. The molecule has 15 heavy (non-hydrogen) atoms. The van der Waals surface area contributed by atoms with Gasteiger partial charge in [0, 0.05) is 5.56 Å². The zero-order chi connectivity index (χ0) is 10.8. The number of carbonyl (C=O) groups is 1. The van der Waals surface area contributed by atoms with Crippen LogP contribution in [0.4, 0.5) is 0 Å². The molecular weight excluding hydrogens is 198 g/mol. The average molecular weight is 207 g/mol. The number of ether oxygens (including phenoxy) is 1. The van der Waals surface area contributed by atoms with Crippen molar-refractivity contribution in [3.63, 3.8) is 0 Å². The summed E-state index contributed by atoms with van der Waals surface area (Å²) in [4.78, 5) is 14.4. The largest absolute Gasteiger partial charge is 0.508 e. The lowest BCUT2D eigenvalue weighted by molar-refractivity contribution is -0.130. The fourth-order valence-corrected chi connectivity index (χ4v) is 1.42. The van der Waals surface area contributed by atoms with Crippen molar-refractivity contribution in [2.24, 2.45) is 4.99 Å². The van der Waals surface area contributed by atoms with Crippen molar-refractivity contribution < 1.29 is 19.7 Å². The van der Waals surface area contributed by atoms with Crippen molar-refractivity contribution in [3.05, 3.63) is 29.8 Å². The van der Waals surface area contributed by atoms with Gasteiger partial charge in [-0.2, -0.15) is 0 Å². The number of phenols is 1. The van der Waals surface area contributed by atoms with Crippen molar-refractivity contribution in [1.82, 2.24) is 0 Å². The van der Waals surface area contributed by atoms with Gasteiger partial charge in [-0.3, -0.25) is 0 Å². The summed E-state index contributed by atoms with van der Waals surface area (Å²) in [5.74, 6) is -1.39. The van der Waals surface area contributed by atoms with Crippen LogP contribution in [-0.4, -0.2) is 28.7 Å². The minimum absolute atomic E-state index is 0.0986. The maximum absolute atomic E-state index is 10.5. The number of phenolic OH excluding ortho intramolecular Hbond substituents is 1. The lowest BCUT2D eigenvalue weighted by Gasteiger charge is -2.06. The Bertz CT molecular complexity index is 427. The maximum atomic E-state index is 10.5. The maximum Gasteiger partial charge on any atom is 0.391 e. The third kappa shape index (κ3) is 1.76. The SMILES string of the molecule is O=C(O)C1=NC(c2ccccc2O)CO1. The molecule has 5 heteroatoms. The molecule has 5 nitrogen and oxygen atoms in total. The summed E-state index contributed by atoms with van der Waals surface area (Å²) in [5.41, 5.74) is 0.578. The first-order chi connectivity index (χ1) is 7.18. The van der Waals surface area contributed by atoms with Gasteiger partial charge in [0.2, 0.25) is 0 Å². The Morgan fingerprint density at radius 3 is 2.80 bits per heavy atom. The van der Waals surface area contributed by atoms with Crippen molar-refractivity contribution in [3.8, 4) is 5.75 Å². The third-order valence-corrected chi connectivity index (χ3v) is 2.13. The topological polar surface area (TPSA) is 79.1 Å². The van der Waals surface area contributed by atoms with Crippen molar-refractivity contribution >= 4 is 11.9 Å². The van der Waals surface area contributed by atoms with Crippen LogP contribution in [0.25, 0.3) is 0 Å². The summed E-state index contributed by atoms with van der Waals surface area (Å²) in [5, 5.41) is 18.2. The van der Waals surface area contributed by atoms with Crippen LogP contribution >= 0.6 is 0 Å². The Morgan fingerprint density at radius 1 is 1.47 bits per heavy atom. The third-order valence-electron chi connectivity index (χ3n) is 2.13. The number of hydrogen-bond donors (Lipinski definition) is 2. The number of aliphatic imine (C=N–C) groups is 1. The number of carboxylic acids is 1. The molecule has 0 bridgehead atoms. The van der Waals surface area contributed by atoms with E-state index in [4.69, 9.17) is 9.84 Å². The Morgan fingerprint density at radius 2 is 2.20 bits per heavy atom. The van der Waals surface area contributed by atoms with Gasteiger partial charge in [-0.05, 0) is 6.07 Å². The lowest BCUT2D eigenvalue weighted by atomic mass is 10.1. The molecule has 0 radical (unpaired) electrons. The Kier molecular flexibility index (Phi) is 2.29. The normalized spacial score (nSPS) is 19.5. The fraction of sp³-hybridized carbons (Fsp3) is 0.200. The molecule has 1 unspecified atom stereocenters. The van der Waals surface area contributed by atoms with E-state index < -0.39 is 12.0 Å². The Hall–Kier alpha value is -2.04. The Labute approximate surface area is 85.6 Å². The standard InChI is InChI=1S/C10H9NO4/c12-8-4-2-1-3-6(8)7-5-15-9(11-7)10(13)14/h1-4,7,12H,5H2,(H,13,14). The number of rotatable bonds is 2. The van der Waals surface area contributed by atoms with Crippen LogP contribution < -0.4 is 0 Å². The predicted octanol–water partition coefficient (Wildman–Crippen LogP) is 0.947. The summed E-state index contributed by atoms with van der Waals surface area (Å²) < 4.78 is 4.88. The van der Waals surface area contributed by atoms with Crippen LogP contribution in [0.2, 0.25) is 0 Å². The van der Waals surface area contributed by atoms with E-state index in [1.54, 1.807) is 18.2 Å². The second-order valence-electron chi connectivity index (χ2n) is 3.13. The minimum atomic E-state index is -1.19. The first-order valence-electron chi connectivity index (χ1n) is 4.40. The van der Waals surface area contributed by atoms with E-state index in [9.17, 15) is 9.90 Å². The van der Waals surface area contributed by atoms with E-state index in [-0.39, 0.29) is 18.3 Å². The molecule has 0 saturated carbocycles. The zero-order valence-corrected chi connectivity index (χ0v) is 7.75. The number of para-hydroxylation sites is 1. The van der Waals surface area contributed by atoms with E-state index >= 15 is 0 Å². The number of aliphatic carboxylic acids is 1. The summed E-state index contributed by atoms with van der Waals surface area (Å²) in [6.45, 7) is 0.152. The van der Waals surface area contributed by atoms with Gasteiger partial charge < -0.3 is 14.9 Å². The van der Waals surface area contributed by atoms with Gasteiger partial charge in [-0.25, -0.2) is 9.79 Å². The highest BCUT2D eigenvalue weighted by molar-refractivity contribution is 6.32. The molecule has 0 saturated heterocycles. The second-order valence-corrected chi connectivity index (χ2v) is 3.13. The molecule has 0 aromatic heterocycles. The van der Waals surface area contributed by atoms with Crippen LogP contribution in [-0.2, 0) is 9.53 Å². The lowest BCUT2D eigenvalue weighted by Crippen LogP contribution is -2.12. The molecular formula is C10H9NO4. The van der Waals surface area contributed by atoms with Crippen molar-refractivity contribution in [2.45, 2.75) is 6.04 Å². The molecule has 0 aliphatic carbocycles. The van der Waals surface area contributed by atoms with Crippen LogP contribution in [0.3, 0.4) is 0 Å². The molecule has 2 rings (SSSR count). The molecule has 1 aromatic carbocycles.